The van der Waals surface area contributed by atoms with Gasteiger partial charge in [-0.25, -0.2) is 4.79 Å². The predicted octanol–water partition coefficient (Wildman–Crippen LogP) is 0.568. The van der Waals surface area contributed by atoms with Gasteiger partial charge in [-0.1, -0.05) is 70.9 Å². The number of carbonyl (C=O) groups is 4. The van der Waals surface area contributed by atoms with Gasteiger partial charge in [-0.05, 0) is 24.3 Å². The molecule has 0 radical (unpaired) electrons. The van der Waals surface area contributed by atoms with Crippen molar-refractivity contribution >= 4 is 23.7 Å². The minimum Gasteiger partial charge on any atom is -0.480 e. The van der Waals surface area contributed by atoms with Crippen LogP contribution in [0.5, 0.6) is 0 Å². The summed E-state index contributed by atoms with van der Waals surface area (Å²) in [5.74, 6) is -3.70. The van der Waals surface area contributed by atoms with Gasteiger partial charge < -0.3 is 31.9 Å². The van der Waals surface area contributed by atoms with Crippen LogP contribution in [-0.4, -0.2) is 64.2 Å². The molecule has 10 heteroatoms. The SMILES string of the molecule is CCC(C)C(NC(=O)C(Cc1ccccc1)NC(=O)C(NC(=O)C(N)C(C)O)C(C)CC)C(=O)O. The first kappa shape index (κ1) is 30.1. The molecule has 0 aromatic heterocycles. The Balaban J connectivity index is 3.18. The van der Waals surface area contributed by atoms with Crippen LogP contribution in [0.1, 0.15) is 53.0 Å². The molecule has 0 spiro atoms. The average molecular weight is 493 g/mol. The molecule has 1 rings (SSSR count). The summed E-state index contributed by atoms with van der Waals surface area (Å²) in [5.41, 5.74) is 6.48. The first-order chi connectivity index (χ1) is 16.4. The van der Waals surface area contributed by atoms with Gasteiger partial charge in [0.05, 0.1) is 6.10 Å². The van der Waals surface area contributed by atoms with Gasteiger partial charge in [0.25, 0.3) is 0 Å². The minimum atomic E-state index is -1.22. The van der Waals surface area contributed by atoms with Crippen LogP contribution < -0.4 is 21.7 Å². The smallest absolute Gasteiger partial charge is 0.326 e. The molecule has 0 saturated carbocycles. The molecule has 10 nitrogen and oxygen atoms in total. The normalized spacial score (nSPS) is 17.1. The number of amides is 3. The van der Waals surface area contributed by atoms with Crippen LogP contribution in [0.25, 0.3) is 0 Å². The summed E-state index contributed by atoms with van der Waals surface area (Å²) in [7, 11) is 0. The Morgan fingerprint density at radius 3 is 1.83 bits per heavy atom. The van der Waals surface area contributed by atoms with Crippen molar-refractivity contribution in [1.82, 2.24) is 16.0 Å². The summed E-state index contributed by atoms with van der Waals surface area (Å²) in [5, 5.41) is 27.0. The average Bonchev–Trinajstić information content (AvgIpc) is 2.83. The number of carboxylic acids is 1. The highest BCUT2D eigenvalue weighted by atomic mass is 16.4. The second-order valence-electron chi connectivity index (χ2n) is 9.10. The lowest BCUT2D eigenvalue weighted by Crippen LogP contribution is -2.60. The Morgan fingerprint density at radius 2 is 1.34 bits per heavy atom. The summed E-state index contributed by atoms with van der Waals surface area (Å²) in [6.45, 7) is 8.55. The molecular weight excluding hydrogens is 452 g/mol. The Kier molecular flexibility index (Phi) is 12.4. The van der Waals surface area contributed by atoms with Crippen LogP contribution in [0.4, 0.5) is 0 Å². The van der Waals surface area contributed by atoms with E-state index in [1.54, 1.807) is 38.1 Å². The lowest BCUT2D eigenvalue weighted by atomic mass is 9.96. The monoisotopic (exact) mass is 492 g/mol. The first-order valence-corrected chi connectivity index (χ1v) is 12.0. The molecule has 0 aliphatic carbocycles. The van der Waals surface area contributed by atoms with Crippen LogP contribution in [0.3, 0.4) is 0 Å². The molecule has 0 bridgehead atoms. The van der Waals surface area contributed by atoms with Gasteiger partial charge in [0.15, 0.2) is 0 Å². The van der Waals surface area contributed by atoms with Crippen molar-refractivity contribution in [2.24, 2.45) is 17.6 Å². The second kappa shape index (κ2) is 14.4. The van der Waals surface area contributed by atoms with Crippen LogP contribution in [0.2, 0.25) is 0 Å². The van der Waals surface area contributed by atoms with E-state index < -0.39 is 54.0 Å². The Labute approximate surface area is 207 Å². The molecule has 3 amide bonds. The zero-order chi connectivity index (χ0) is 26.7. The molecular formula is C25H40N4O6. The minimum absolute atomic E-state index is 0.125. The topological polar surface area (TPSA) is 171 Å². The number of nitrogens with one attached hydrogen (secondary N) is 3. The molecule has 1 aromatic carbocycles. The fourth-order valence-electron chi connectivity index (χ4n) is 3.43. The van der Waals surface area contributed by atoms with Crippen molar-refractivity contribution in [3.8, 4) is 0 Å². The number of aliphatic hydroxyl groups is 1. The zero-order valence-electron chi connectivity index (χ0n) is 21.2. The number of carbonyl (C=O) groups excluding carboxylic acids is 3. The van der Waals surface area contributed by atoms with Crippen LogP contribution in [-0.2, 0) is 25.6 Å². The first-order valence-electron chi connectivity index (χ1n) is 12.0. The number of hydrogen-bond donors (Lipinski definition) is 6. The van der Waals surface area contributed by atoms with Crippen LogP contribution in [0.15, 0.2) is 30.3 Å². The molecule has 0 fully saturated rings. The van der Waals surface area contributed by atoms with Crippen LogP contribution in [0, 0.1) is 11.8 Å². The molecule has 7 unspecified atom stereocenters. The summed E-state index contributed by atoms with van der Waals surface area (Å²) in [4.78, 5) is 50.6. The van der Waals surface area contributed by atoms with Gasteiger partial charge in [0.2, 0.25) is 17.7 Å². The number of carboxylic acid groups (broad SMARTS) is 1. The van der Waals surface area contributed by atoms with Crippen molar-refractivity contribution in [3.63, 3.8) is 0 Å². The van der Waals surface area contributed by atoms with E-state index in [4.69, 9.17) is 5.73 Å². The van der Waals surface area contributed by atoms with E-state index in [0.717, 1.165) is 5.56 Å². The van der Waals surface area contributed by atoms with Crippen molar-refractivity contribution in [3.05, 3.63) is 35.9 Å². The number of aliphatic hydroxyl groups excluding tert-OH is 1. The number of rotatable bonds is 14. The largest absolute Gasteiger partial charge is 0.480 e. The molecule has 7 N–H and O–H groups in total. The van der Waals surface area contributed by atoms with Gasteiger partial charge in [-0.2, -0.15) is 0 Å². The lowest BCUT2D eigenvalue weighted by Gasteiger charge is -2.29. The fourth-order valence-corrected chi connectivity index (χ4v) is 3.43. The number of hydrogen-bond acceptors (Lipinski definition) is 6. The third-order valence-corrected chi connectivity index (χ3v) is 6.31. The van der Waals surface area contributed by atoms with Gasteiger partial charge in [0.1, 0.15) is 24.2 Å². The number of aliphatic carboxylic acids is 1. The van der Waals surface area contributed by atoms with Crippen molar-refractivity contribution in [1.29, 1.82) is 0 Å². The zero-order valence-corrected chi connectivity index (χ0v) is 21.2. The predicted molar refractivity (Wildman–Crippen MR) is 132 cm³/mol. The molecule has 0 saturated heterocycles. The van der Waals surface area contributed by atoms with E-state index in [1.165, 1.54) is 6.92 Å². The highest BCUT2D eigenvalue weighted by Gasteiger charge is 2.34. The Morgan fingerprint density at radius 1 is 0.829 bits per heavy atom. The summed E-state index contributed by atoms with van der Waals surface area (Å²) in [6, 6.07) is 4.59. The van der Waals surface area contributed by atoms with Crippen LogP contribution >= 0.6 is 0 Å². The van der Waals surface area contributed by atoms with Crippen molar-refractivity contribution in [2.45, 2.75) is 84.2 Å². The second-order valence-corrected chi connectivity index (χ2v) is 9.10. The summed E-state index contributed by atoms with van der Waals surface area (Å²) >= 11 is 0. The molecule has 7 atom stereocenters. The summed E-state index contributed by atoms with van der Waals surface area (Å²) < 4.78 is 0. The van der Waals surface area contributed by atoms with E-state index in [9.17, 15) is 29.4 Å². The molecule has 196 valence electrons. The fraction of sp³-hybridized carbons (Fsp3) is 0.600. The molecule has 1 aromatic rings. The quantitative estimate of drug-likeness (QED) is 0.220. The molecule has 0 heterocycles. The lowest BCUT2D eigenvalue weighted by molar-refractivity contribution is -0.144. The maximum Gasteiger partial charge on any atom is 0.326 e. The van der Waals surface area contributed by atoms with Gasteiger partial charge >= 0.3 is 5.97 Å². The van der Waals surface area contributed by atoms with Crippen molar-refractivity contribution in [2.75, 3.05) is 0 Å². The van der Waals surface area contributed by atoms with E-state index >= 15 is 0 Å². The maximum absolute atomic E-state index is 13.3. The van der Waals surface area contributed by atoms with E-state index in [2.05, 4.69) is 16.0 Å². The maximum atomic E-state index is 13.3. The highest BCUT2D eigenvalue weighted by Crippen LogP contribution is 2.12. The van der Waals surface area contributed by atoms with Gasteiger partial charge in [-0.3, -0.25) is 14.4 Å². The number of benzene rings is 1. The third kappa shape index (κ3) is 9.29. The molecule has 35 heavy (non-hydrogen) atoms. The number of nitrogens with two attached hydrogens (primary N) is 1. The van der Waals surface area contributed by atoms with E-state index in [-0.39, 0.29) is 18.3 Å². The summed E-state index contributed by atoms with van der Waals surface area (Å²) in [6.07, 6.45) is 0.103. The Bertz CT molecular complexity index is 848. The van der Waals surface area contributed by atoms with Gasteiger partial charge in [-0.15, -0.1) is 0 Å². The van der Waals surface area contributed by atoms with Crippen molar-refractivity contribution < 1.29 is 29.4 Å². The highest BCUT2D eigenvalue weighted by molar-refractivity contribution is 5.94. The standard InChI is InChI=1S/C25H40N4O6/c1-6-14(3)20(28-23(32)19(26)16(5)30)24(33)27-18(13-17-11-9-8-10-12-17)22(31)29-21(25(34)35)15(4)7-2/h8-12,14-16,18-21,30H,6-7,13,26H2,1-5H3,(H,27,33)(H,28,32)(H,29,31)(H,34,35). The van der Waals surface area contributed by atoms with E-state index in [1.807, 2.05) is 19.9 Å². The molecule has 0 aliphatic heterocycles. The molecule has 0 aliphatic rings. The van der Waals surface area contributed by atoms with Gasteiger partial charge in [0, 0.05) is 6.42 Å². The third-order valence-electron chi connectivity index (χ3n) is 6.31. The Hall–Kier alpha value is -2.98. The van der Waals surface area contributed by atoms with E-state index in [0.29, 0.717) is 12.8 Å².